The Morgan fingerprint density at radius 3 is 1.85 bits per heavy atom. The Kier molecular flexibility index (Phi) is 5.73. The van der Waals surface area contributed by atoms with Crippen LogP contribution in [-0.2, 0) is 0 Å². The van der Waals surface area contributed by atoms with Gasteiger partial charge in [0.2, 0.25) is 0 Å². The topological polar surface area (TPSA) is 20.2 Å². The quantitative estimate of drug-likeness (QED) is 0.251. The number of hydrogen-bond donors (Lipinski definition) is 1. The monoisotopic (exact) mass is 488 g/mol. The first-order valence-electron chi connectivity index (χ1n) is 10.8. The second kappa shape index (κ2) is 8.98. The van der Waals surface area contributed by atoms with Gasteiger partial charge >= 0.3 is 0 Å². The van der Waals surface area contributed by atoms with Crippen molar-refractivity contribution in [2.75, 3.05) is 0 Å². The number of phenols is 1. The van der Waals surface area contributed by atoms with E-state index in [-0.39, 0.29) is 5.75 Å². The molecule has 0 bridgehead atoms. The fourth-order valence-electron chi connectivity index (χ4n) is 4.38. The fraction of sp³-hybridized carbons (Fsp3) is 0.0323. The van der Waals surface area contributed by atoms with E-state index in [4.69, 9.17) is 6.42 Å². The number of phenolic OH excluding ortho intramolecular Hbond substituents is 1. The molecule has 0 saturated heterocycles. The highest BCUT2D eigenvalue weighted by atomic mass is 79.9. The van der Waals surface area contributed by atoms with Crippen LogP contribution >= 0.6 is 15.9 Å². The van der Waals surface area contributed by atoms with Gasteiger partial charge in [-0.2, -0.15) is 0 Å². The van der Waals surface area contributed by atoms with Crippen LogP contribution in [0.3, 0.4) is 0 Å². The highest BCUT2D eigenvalue weighted by Gasteiger charge is 2.20. The van der Waals surface area contributed by atoms with Gasteiger partial charge in [-0.1, -0.05) is 94.6 Å². The van der Waals surface area contributed by atoms with Crippen LogP contribution in [0.2, 0.25) is 0 Å². The first-order chi connectivity index (χ1) is 16.1. The molecule has 33 heavy (non-hydrogen) atoms. The standard InChI is InChI=1S/C31H21BrO/c1-2-28(31-29-15-14-27(32)20-23(29)13-16-30(31)33)26-18-24(21-9-5-3-6-10-21)17-25(19-26)22-11-7-4-8-12-22/h1,3-20,28,33H/t28-/m0/s1. The van der Waals surface area contributed by atoms with Gasteiger partial charge in [0.15, 0.2) is 0 Å². The van der Waals surface area contributed by atoms with E-state index in [2.05, 4.69) is 64.3 Å². The van der Waals surface area contributed by atoms with Crippen molar-refractivity contribution in [3.05, 3.63) is 125 Å². The molecule has 0 amide bonds. The van der Waals surface area contributed by atoms with E-state index >= 15 is 0 Å². The first kappa shape index (κ1) is 21.1. The van der Waals surface area contributed by atoms with Gasteiger partial charge < -0.3 is 5.11 Å². The average molecular weight is 489 g/mol. The molecule has 0 spiro atoms. The SMILES string of the molecule is C#C[C@@H](c1cc(-c2ccccc2)cc(-c2ccccc2)c1)c1c(O)ccc2cc(Br)ccc12. The van der Waals surface area contributed by atoms with E-state index in [1.165, 1.54) is 0 Å². The molecular weight excluding hydrogens is 468 g/mol. The third-order valence-corrected chi connectivity index (χ3v) is 6.45. The molecule has 5 aromatic carbocycles. The lowest BCUT2D eigenvalue weighted by Gasteiger charge is -2.19. The lowest BCUT2D eigenvalue weighted by Crippen LogP contribution is -2.01. The Bertz CT molecular complexity index is 1420. The predicted molar refractivity (Wildman–Crippen MR) is 141 cm³/mol. The maximum absolute atomic E-state index is 10.9. The highest BCUT2D eigenvalue weighted by Crippen LogP contribution is 2.40. The number of hydrogen-bond acceptors (Lipinski definition) is 1. The van der Waals surface area contributed by atoms with Gasteiger partial charge in [0.05, 0.1) is 5.92 Å². The van der Waals surface area contributed by atoms with Crippen molar-refractivity contribution >= 4 is 26.7 Å². The minimum atomic E-state index is -0.402. The van der Waals surface area contributed by atoms with E-state index in [1.807, 2.05) is 60.7 Å². The number of fused-ring (bicyclic) bond motifs is 1. The molecular formula is C31H21BrO. The predicted octanol–water partition coefficient (Wildman–Crippen LogP) is 8.41. The van der Waals surface area contributed by atoms with Gasteiger partial charge in [0.25, 0.3) is 0 Å². The third kappa shape index (κ3) is 4.16. The fourth-order valence-corrected chi connectivity index (χ4v) is 4.75. The van der Waals surface area contributed by atoms with Crippen LogP contribution in [0.25, 0.3) is 33.0 Å². The van der Waals surface area contributed by atoms with E-state index < -0.39 is 5.92 Å². The first-order valence-corrected chi connectivity index (χ1v) is 11.6. The van der Waals surface area contributed by atoms with Gasteiger partial charge in [-0.15, -0.1) is 6.42 Å². The summed E-state index contributed by atoms with van der Waals surface area (Å²) in [6.45, 7) is 0. The van der Waals surface area contributed by atoms with E-state index in [0.717, 1.165) is 48.6 Å². The molecule has 5 aromatic rings. The average Bonchev–Trinajstić information content (AvgIpc) is 2.87. The molecule has 2 heteroatoms. The zero-order valence-corrected chi connectivity index (χ0v) is 19.5. The molecule has 1 N–H and O–H groups in total. The summed E-state index contributed by atoms with van der Waals surface area (Å²) in [6, 6.07) is 36.8. The van der Waals surface area contributed by atoms with Crippen molar-refractivity contribution in [1.29, 1.82) is 0 Å². The molecule has 1 nitrogen and oxygen atoms in total. The number of benzene rings is 5. The van der Waals surface area contributed by atoms with Crippen LogP contribution in [0.5, 0.6) is 5.75 Å². The molecule has 0 heterocycles. The molecule has 0 unspecified atom stereocenters. The number of terminal acetylenes is 1. The van der Waals surface area contributed by atoms with Gasteiger partial charge in [-0.05, 0) is 75.0 Å². The third-order valence-electron chi connectivity index (χ3n) is 5.96. The molecule has 0 aromatic heterocycles. The summed E-state index contributed by atoms with van der Waals surface area (Å²) in [4.78, 5) is 0. The second-order valence-electron chi connectivity index (χ2n) is 8.04. The van der Waals surface area contributed by atoms with Gasteiger partial charge in [0.1, 0.15) is 5.75 Å². The van der Waals surface area contributed by atoms with Gasteiger partial charge in [-0.25, -0.2) is 0 Å². The zero-order chi connectivity index (χ0) is 22.8. The summed E-state index contributed by atoms with van der Waals surface area (Å²) in [5.41, 5.74) is 6.16. The van der Waals surface area contributed by atoms with Crippen molar-refractivity contribution in [2.45, 2.75) is 5.92 Å². The lowest BCUT2D eigenvalue weighted by molar-refractivity contribution is 0.469. The largest absolute Gasteiger partial charge is 0.508 e. The summed E-state index contributed by atoms with van der Waals surface area (Å²) in [5.74, 6) is 2.77. The lowest BCUT2D eigenvalue weighted by atomic mass is 9.84. The molecule has 158 valence electrons. The smallest absolute Gasteiger partial charge is 0.121 e. The number of rotatable bonds is 4. The Morgan fingerprint density at radius 1 is 0.667 bits per heavy atom. The van der Waals surface area contributed by atoms with E-state index in [9.17, 15) is 5.11 Å². The Morgan fingerprint density at radius 2 is 1.27 bits per heavy atom. The van der Waals surface area contributed by atoms with Crippen molar-refractivity contribution in [1.82, 2.24) is 0 Å². The summed E-state index contributed by atoms with van der Waals surface area (Å²) in [5, 5.41) is 12.9. The zero-order valence-electron chi connectivity index (χ0n) is 17.9. The molecule has 0 aliphatic carbocycles. The van der Waals surface area contributed by atoms with Crippen LogP contribution in [0.15, 0.2) is 114 Å². The number of halogens is 1. The summed E-state index contributed by atoms with van der Waals surface area (Å²) in [7, 11) is 0. The summed E-state index contributed by atoms with van der Waals surface area (Å²) in [6.07, 6.45) is 6.13. The Balaban J connectivity index is 1.75. The number of aromatic hydroxyl groups is 1. The molecule has 0 aliphatic rings. The van der Waals surface area contributed by atoms with Crippen LogP contribution in [-0.4, -0.2) is 5.11 Å². The maximum Gasteiger partial charge on any atom is 0.121 e. The minimum Gasteiger partial charge on any atom is -0.508 e. The molecule has 0 radical (unpaired) electrons. The van der Waals surface area contributed by atoms with Crippen molar-refractivity contribution in [2.24, 2.45) is 0 Å². The highest BCUT2D eigenvalue weighted by molar-refractivity contribution is 9.10. The Labute approximate surface area is 202 Å². The summed E-state index contributed by atoms with van der Waals surface area (Å²) >= 11 is 3.54. The molecule has 0 fully saturated rings. The van der Waals surface area contributed by atoms with Gasteiger partial charge in [-0.3, -0.25) is 0 Å². The minimum absolute atomic E-state index is 0.208. The second-order valence-corrected chi connectivity index (χ2v) is 8.95. The Hall–Kier alpha value is -3.80. The molecule has 0 saturated carbocycles. The molecule has 0 aliphatic heterocycles. The van der Waals surface area contributed by atoms with Gasteiger partial charge in [0, 0.05) is 10.0 Å². The maximum atomic E-state index is 10.9. The van der Waals surface area contributed by atoms with E-state index in [0.29, 0.717) is 0 Å². The van der Waals surface area contributed by atoms with Crippen molar-refractivity contribution < 1.29 is 5.11 Å². The van der Waals surface area contributed by atoms with Crippen LogP contribution < -0.4 is 0 Å². The van der Waals surface area contributed by atoms with E-state index in [1.54, 1.807) is 6.07 Å². The van der Waals surface area contributed by atoms with Crippen LogP contribution in [0, 0.1) is 12.3 Å². The molecule has 5 rings (SSSR count). The normalized spacial score (nSPS) is 11.8. The van der Waals surface area contributed by atoms with Crippen molar-refractivity contribution in [3.63, 3.8) is 0 Å². The molecule has 1 atom stereocenters. The van der Waals surface area contributed by atoms with Crippen molar-refractivity contribution in [3.8, 4) is 40.3 Å². The summed E-state index contributed by atoms with van der Waals surface area (Å²) < 4.78 is 0.987. The van der Waals surface area contributed by atoms with Crippen LogP contribution in [0.1, 0.15) is 17.0 Å². The van der Waals surface area contributed by atoms with Crippen LogP contribution in [0.4, 0.5) is 0 Å².